The van der Waals surface area contributed by atoms with Crippen LogP contribution in [0.5, 0.6) is 0 Å². The Morgan fingerprint density at radius 3 is 2.55 bits per heavy atom. The van der Waals surface area contributed by atoms with Crippen LogP contribution in [0, 0.1) is 11.2 Å². The normalized spacial score (nSPS) is 12.4. The van der Waals surface area contributed by atoms with E-state index >= 15 is 0 Å². The molecule has 0 radical (unpaired) electrons. The zero-order valence-electron chi connectivity index (χ0n) is 11.7. The van der Waals surface area contributed by atoms with Gasteiger partial charge in [0.05, 0.1) is 10.6 Å². The van der Waals surface area contributed by atoms with Gasteiger partial charge in [-0.05, 0) is 36.5 Å². The molecule has 0 aliphatic rings. The minimum atomic E-state index is -3.89. The fourth-order valence-electron chi connectivity index (χ4n) is 1.80. The molecule has 0 atom stereocenters. The Balaban J connectivity index is 2.75. The van der Waals surface area contributed by atoms with Crippen molar-refractivity contribution in [3.63, 3.8) is 0 Å². The van der Waals surface area contributed by atoms with Crippen LogP contribution in [-0.2, 0) is 10.0 Å². The number of primary sulfonamides is 1. The van der Waals surface area contributed by atoms with Gasteiger partial charge in [0.15, 0.2) is 0 Å². The topological polar surface area (TPSA) is 92.4 Å². The second-order valence-electron chi connectivity index (χ2n) is 5.53. The van der Waals surface area contributed by atoms with Crippen molar-refractivity contribution in [1.82, 2.24) is 0 Å². The van der Waals surface area contributed by atoms with Gasteiger partial charge in [-0.3, -0.25) is 0 Å². The number of nitrogens with two attached hydrogens (primary N) is 1. The van der Waals surface area contributed by atoms with Gasteiger partial charge in [-0.2, -0.15) is 0 Å². The maximum absolute atomic E-state index is 13.8. The Labute approximate surface area is 119 Å². The maximum Gasteiger partial charge on any atom is 0.238 e. The predicted octanol–water partition coefficient (Wildman–Crippen LogP) is 1.68. The maximum atomic E-state index is 13.8. The highest BCUT2D eigenvalue weighted by Gasteiger charge is 2.18. The summed E-state index contributed by atoms with van der Waals surface area (Å²) in [6.45, 7) is 4.65. The molecular formula is C13H21FN2O3S. The van der Waals surface area contributed by atoms with Crippen LogP contribution in [0.15, 0.2) is 23.1 Å². The third-order valence-electron chi connectivity index (χ3n) is 3.04. The SMILES string of the molecule is CC(C)(CCCO)CNc1ccc(S(N)(=O)=O)cc1F. The highest BCUT2D eigenvalue weighted by molar-refractivity contribution is 7.89. The fourth-order valence-corrected chi connectivity index (χ4v) is 2.32. The molecule has 1 aromatic carbocycles. The lowest BCUT2D eigenvalue weighted by Gasteiger charge is -2.25. The van der Waals surface area contributed by atoms with Crippen LogP contribution in [-0.4, -0.2) is 26.7 Å². The molecule has 0 aliphatic carbocycles. The summed E-state index contributed by atoms with van der Waals surface area (Å²) in [6, 6.07) is 3.52. The zero-order valence-corrected chi connectivity index (χ0v) is 12.5. The monoisotopic (exact) mass is 304 g/mol. The summed E-state index contributed by atoms with van der Waals surface area (Å²) in [7, 11) is -3.89. The highest BCUT2D eigenvalue weighted by atomic mass is 32.2. The van der Waals surface area contributed by atoms with E-state index in [1.165, 1.54) is 12.1 Å². The number of halogens is 1. The van der Waals surface area contributed by atoms with Gasteiger partial charge in [-0.1, -0.05) is 13.8 Å². The standard InChI is InChI=1S/C13H21FN2O3S/c1-13(2,6-3-7-17)9-16-12-5-4-10(8-11(12)14)20(15,18)19/h4-5,8,16-17H,3,6-7,9H2,1-2H3,(H2,15,18,19). The van der Waals surface area contributed by atoms with Crippen LogP contribution in [0.2, 0.25) is 0 Å². The minimum absolute atomic E-state index is 0.103. The summed E-state index contributed by atoms with van der Waals surface area (Å²) in [5, 5.41) is 16.7. The number of nitrogens with one attached hydrogen (secondary N) is 1. The molecule has 4 N–H and O–H groups in total. The first-order valence-electron chi connectivity index (χ1n) is 6.33. The van der Waals surface area contributed by atoms with Crippen molar-refractivity contribution in [2.45, 2.75) is 31.6 Å². The van der Waals surface area contributed by atoms with Gasteiger partial charge in [-0.15, -0.1) is 0 Å². The Kier molecular flexibility index (Phi) is 5.50. The van der Waals surface area contributed by atoms with Gasteiger partial charge in [0.2, 0.25) is 10.0 Å². The van der Waals surface area contributed by atoms with Crippen LogP contribution in [0.25, 0.3) is 0 Å². The Bertz CT molecular complexity index is 559. The number of rotatable bonds is 7. The van der Waals surface area contributed by atoms with Crippen LogP contribution in [0.4, 0.5) is 10.1 Å². The van der Waals surface area contributed by atoms with Gasteiger partial charge in [-0.25, -0.2) is 17.9 Å². The Hall–Kier alpha value is -1.18. The molecule has 0 aromatic heterocycles. The first-order chi connectivity index (χ1) is 9.15. The summed E-state index contributed by atoms with van der Waals surface area (Å²) >= 11 is 0. The van der Waals surface area contributed by atoms with E-state index in [2.05, 4.69) is 5.32 Å². The first-order valence-corrected chi connectivity index (χ1v) is 7.87. The Morgan fingerprint density at radius 1 is 1.40 bits per heavy atom. The molecule has 5 nitrogen and oxygen atoms in total. The van der Waals surface area contributed by atoms with Gasteiger partial charge < -0.3 is 10.4 Å². The lowest BCUT2D eigenvalue weighted by Crippen LogP contribution is -2.24. The molecule has 0 saturated carbocycles. The smallest absolute Gasteiger partial charge is 0.238 e. The van der Waals surface area contributed by atoms with E-state index in [4.69, 9.17) is 10.2 Å². The van der Waals surface area contributed by atoms with Gasteiger partial charge >= 0.3 is 0 Å². The predicted molar refractivity (Wildman–Crippen MR) is 76.4 cm³/mol. The van der Waals surface area contributed by atoms with E-state index in [1.54, 1.807) is 0 Å². The number of aliphatic hydroxyl groups excluding tert-OH is 1. The van der Waals surface area contributed by atoms with Crippen molar-refractivity contribution < 1.29 is 17.9 Å². The quantitative estimate of drug-likeness (QED) is 0.714. The second-order valence-corrected chi connectivity index (χ2v) is 7.09. The molecule has 0 amide bonds. The van der Waals surface area contributed by atoms with E-state index in [9.17, 15) is 12.8 Å². The number of sulfonamides is 1. The van der Waals surface area contributed by atoms with E-state index in [0.717, 1.165) is 12.5 Å². The third kappa shape index (κ3) is 5.07. The molecule has 0 aliphatic heterocycles. The van der Waals surface area contributed by atoms with Crippen molar-refractivity contribution >= 4 is 15.7 Å². The van der Waals surface area contributed by atoms with Crippen molar-refractivity contribution in [3.8, 4) is 0 Å². The average Bonchev–Trinajstić information content (AvgIpc) is 2.34. The van der Waals surface area contributed by atoms with Crippen molar-refractivity contribution in [2.75, 3.05) is 18.5 Å². The van der Waals surface area contributed by atoms with Crippen LogP contribution < -0.4 is 10.5 Å². The van der Waals surface area contributed by atoms with E-state index < -0.39 is 15.8 Å². The van der Waals surface area contributed by atoms with Gasteiger partial charge in [0.25, 0.3) is 0 Å². The molecule has 1 rings (SSSR count). The molecule has 7 heteroatoms. The molecule has 0 unspecified atom stereocenters. The molecule has 0 heterocycles. The largest absolute Gasteiger partial charge is 0.396 e. The molecular weight excluding hydrogens is 283 g/mol. The number of anilines is 1. The lowest BCUT2D eigenvalue weighted by molar-refractivity contribution is 0.248. The van der Waals surface area contributed by atoms with Crippen LogP contribution in [0.3, 0.4) is 0 Å². The van der Waals surface area contributed by atoms with Crippen molar-refractivity contribution in [1.29, 1.82) is 0 Å². The number of benzene rings is 1. The average molecular weight is 304 g/mol. The summed E-state index contributed by atoms with van der Waals surface area (Å²) in [5.74, 6) is -0.658. The summed E-state index contributed by atoms with van der Waals surface area (Å²) in [5.41, 5.74) is 0.128. The molecule has 0 spiro atoms. The Morgan fingerprint density at radius 2 is 2.05 bits per heavy atom. The number of hydrogen-bond acceptors (Lipinski definition) is 4. The first kappa shape index (κ1) is 16.9. The highest BCUT2D eigenvalue weighted by Crippen LogP contribution is 2.24. The van der Waals surface area contributed by atoms with Gasteiger partial charge in [0, 0.05) is 13.2 Å². The molecule has 114 valence electrons. The number of hydrogen-bond donors (Lipinski definition) is 3. The second kappa shape index (κ2) is 6.51. The van der Waals surface area contributed by atoms with Crippen molar-refractivity contribution in [2.24, 2.45) is 10.6 Å². The molecule has 1 aromatic rings. The van der Waals surface area contributed by atoms with E-state index in [-0.39, 0.29) is 22.6 Å². The summed E-state index contributed by atoms with van der Waals surface area (Å²) < 4.78 is 36.0. The van der Waals surface area contributed by atoms with E-state index in [1.807, 2.05) is 13.8 Å². The van der Waals surface area contributed by atoms with Gasteiger partial charge in [0.1, 0.15) is 5.82 Å². The van der Waals surface area contributed by atoms with Crippen LogP contribution >= 0.6 is 0 Å². The lowest BCUT2D eigenvalue weighted by atomic mass is 9.88. The fraction of sp³-hybridized carbons (Fsp3) is 0.538. The minimum Gasteiger partial charge on any atom is -0.396 e. The van der Waals surface area contributed by atoms with E-state index in [0.29, 0.717) is 13.0 Å². The zero-order chi connectivity index (χ0) is 15.4. The molecule has 0 saturated heterocycles. The molecule has 0 fully saturated rings. The summed E-state index contributed by atoms with van der Waals surface area (Å²) in [6.07, 6.45) is 1.48. The van der Waals surface area contributed by atoms with Crippen LogP contribution in [0.1, 0.15) is 26.7 Å². The molecule has 0 bridgehead atoms. The summed E-state index contributed by atoms with van der Waals surface area (Å²) in [4.78, 5) is -0.250. The van der Waals surface area contributed by atoms with Crippen molar-refractivity contribution in [3.05, 3.63) is 24.0 Å². The molecule has 20 heavy (non-hydrogen) atoms. The third-order valence-corrected chi connectivity index (χ3v) is 3.95. The number of aliphatic hydroxyl groups is 1.